The summed E-state index contributed by atoms with van der Waals surface area (Å²) in [5, 5.41) is 0. The van der Waals surface area contributed by atoms with E-state index in [1.807, 2.05) is 0 Å². The highest BCUT2D eigenvalue weighted by Gasteiger charge is 2.24. The highest BCUT2D eigenvalue weighted by molar-refractivity contribution is 9.11. The van der Waals surface area contributed by atoms with Crippen LogP contribution in [0.3, 0.4) is 0 Å². The number of benzene rings is 1. The summed E-state index contributed by atoms with van der Waals surface area (Å²) in [6.45, 7) is 1.61. The standard InChI is InChI=1S/C11H9BrFNO4S3/c1-7-10(6-11(12)19-7)21(17,18)14-8-4-2-3-5-9(8)20(13,15)16/h2-6,14H,1H3. The summed E-state index contributed by atoms with van der Waals surface area (Å²) in [5.41, 5.74) is -0.332. The molecule has 0 fully saturated rings. The Morgan fingerprint density at radius 3 is 2.29 bits per heavy atom. The summed E-state index contributed by atoms with van der Waals surface area (Å²) >= 11 is 4.40. The molecule has 0 bridgehead atoms. The van der Waals surface area contributed by atoms with E-state index in [0.717, 1.165) is 6.07 Å². The maximum absolute atomic E-state index is 13.2. The minimum absolute atomic E-state index is 0.00503. The van der Waals surface area contributed by atoms with Gasteiger partial charge in [-0.2, -0.15) is 8.42 Å². The van der Waals surface area contributed by atoms with E-state index in [1.54, 1.807) is 6.92 Å². The van der Waals surface area contributed by atoms with E-state index < -0.39 is 25.1 Å². The lowest BCUT2D eigenvalue weighted by Crippen LogP contribution is -2.15. The van der Waals surface area contributed by atoms with E-state index in [2.05, 4.69) is 20.7 Å². The van der Waals surface area contributed by atoms with Crippen LogP contribution in [-0.4, -0.2) is 16.8 Å². The van der Waals surface area contributed by atoms with Crippen LogP contribution in [0, 0.1) is 6.92 Å². The third kappa shape index (κ3) is 3.62. The molecule has 0 radical (unpaired) electrons. The lowest BCUT2D eigenvalue weighted by Gasteiger charge is -2.10. The highest BCUT2D eigenvalue weighted by Crippen LogP contribution is 2.32. The number of hydrogen-bond acceptors (Lipinski definition) is 5. The molecule has 0 unspecified atom stereocenters. The molecule has 0 spiro atoms. The largest absolute Gasteiger partial charge is 0.334 e. The van der Waals surface area contributed by atoms with Crippen LogP contribution in [0.4, 0.5) is 9.57 Å². The highest BCUT2D eigenvalue weighted by atomic mass is 79.9. The zero-order chi connectivity index (χ0) is 15.8. The first-order valence-corrected chi connectivity index (χ1v) is 9.91. The van der Waals surface area contributed by atoms with Crippen LogP contribution in [0.1, 0.15) is 4.88 Å². The number of rotatable bonds is 4. The molecule has 21 heavy (non-hydrogen) atoms. The average Bonchev–Trinajstić information content (AvgIpc) is 2.68. The molecular weight excluding hydrogens is 405 g/mol. The molecule has 2 aromatic rings. The number of para-hydroxylation sites is 1. The molecule has 0 aliphatic heterocycles. The fourth-order valence-corrected chi connectivity index (χ4v) is 5.84. The lowest BCUT2D eigenvalue weighted by atomic mass is 10.3. The fraction of sp³-hybridized carbons (Fsp3) is 0.0909. The SMILES string of the molecule is Cc1sc(Br)cc1S(=O)(=O)Nc1ccccc1S(=O)(=O)F. The summed E-state index contributed by atoms with van der Waals surface area (Å²) in [6, 6.07) is 6.28. The minimum Gasteiger partial charge on any atom is -0.278 e. The third-order valence-electron chi connectivity index (χ3n) is 2.53. The van der Waals surface area contributed by atoms with E-state index in [9.17, 15) is 20.7 Å². The quantitative estimate of drug-likeness (QED) is 0.779. The van der Waals surface area contributed by atoms with Gasteiger partial charge >= 0.3 is 10.2 Å². The van der Waals surface area contributed by atoms with Gasteiger partial charge in [0.1, 0.15) is 9.79 Å². The Balaban J connectivity index is 2.50. The van der Waals surface area contributed by atoms with E-state index in [4.69, 9.17) is 0 Å². The molecule has 2 rings (SSSR count). The molecule has 1 aromatic carbocycles. The van der Waals surface area contributed by atoms with Gasteiger partial charge in [0.05, 0.1) is 9.47 Å². The summed E-state index contributed by atoms with van der Waals surface area (Å²) in [6.07, 6.45) is 0. The molecule has 1 N–H and O–H groups in total. The Bertz CT molecular complexity index is 890. The smallest absolute Gasteiger partial charge is 0.278 e. The average molecular weight is 414 g/mol. The van der Waals surface area contributed by atoms with Crippen molar-refractivity contribution >= 4 is 53.2 Å². The predicted octanol–water partition coefficient (Wildman–Crippen LogP) is 3.28. The van der Waals surface area contributed by atoms with Crippen LogP contribution in [0.5, 0.6) is 0 Å². The summed E-state index contributed by atoms with van der Waals surface area (Å²) in [5.74, 6) is 0. The van der Waals surface area contributed by atoms with Crippen molar-refractivity contribution in [2.75, 3.05) is 4.72 Å². The first kappa shape index (κ1) is 16.4. The van der Waals surface area contributed by atoms with Crippen molar-refractivity contribution in [3.8, 4) is 0 Å². The van der Waals surface area contributed by atoms with Gasteiger partial charge < -0.3 is 0 Å². The van der Waals surface area contributed by atoms with E-state index in [-0.39, 0.29) is 10.6 Å². The molecule has 5 nitrogen and oxygen atoms in total. The number of anilines is 1. The molecule has 0 aliphatic rings. The number of thiophene rings is 1. The van der Waals surface area contributed by atoms with Gasteiger partial charge in [-0.1, -0.05) is 12.1 Å². The monoisotopic (exact) mass is 413 g/mol. The Morgan fingerprint density at radius 1 is 1.14 bits per heavy atom. The molecular formula is C11H9BrFNO4S3. The zero-order valence-corrected chi connectivity index (χ0v) is 14.5. The molecule has 0 amide bonds. The van der Waals surface area contributed by atoms with Crippen molar-refractivity contribution in [2.45, 2.75) is 16.7 Å². The normalized spacial score (nSPS) is 12.3. The second kappa shape index (κ2) is 5.67. The molecule has 0 aliphatic carbocycles. The Morgan fingerprint density at radius 2 is 1.76 bits per heavy atom. The Kier molecular flexibility index (Phi) is 4.43. The van der Waals surface area contributed by atoms with E-state index in [1.165, 1.54) is 35.6 Å². The molecule has 1 aromatic heterocycles. The molecule has 114 valence electrons. The van der Waals surface area contributed by atoms with Crippen molar-refractivity contribution in [1.82, 2.24) is 0 Å². The van der Waals surface area contributed by atoms with Gasteiger partial charge in [0.25, 0.3) is 10.0 Å². The minimum atomic E-state index is -5.03. The number of aryl methyl sites for hydroxylation is 1. The number of halogens is 2. The van der Waals surface area contributed by atoms with Crippen molar-refractivity contribution in [1.29, 1.82) is 0 Å². The van der Waals surface area contributed by atoms with Crippen LogP contribution >= 0.6 is 27.3 Å². The van der Waals surface area contributed by atoms with Gasteiger partial charge in [-0.05, 0) is 41.1 Å². The zero-order valence-electron chi connectivity index (χ0n) is 10.5. The Labute approximate surface area is 134 Å². The first-order valence-electron chi connectivity index (χ1n) is 5.44. The molecule has 1 heterocycles. The maximum Gasteiger partial charge on any atom is 0.334 e. The van der Waals surface area contributed by atoms with Crippen LogP contribution in [0.2, 0.25) is 0 Å². The molecule has 10 heteroatoms. The number of nitrogens with one attached hydrogen (secondary N) is 1. The van der Waals surface area contributed by atoms with Gasteiger partial charge in [0, 0.05) is 4.88 Å². The van der Waals surface area contributed by atoms with Crippen LogP contribution in [0.25, 0.3) is 0 Å². The summed E-state index contributed by atoms with van der Waals surface area (Å²) in [7, 11) is -9.03. The molecule has 0 saturated heterocycles. The fourth-order valence-electron chi connectivity index (χ4n) is 1.66. The van der Waals surface area contributed by atoms with E-state index in [0.29, 0.717) is 8.66 Å². The van der Waals surface area contributed by atoms with Crippen molar-refractivity contribution in [3.63, 3.8) is 0 Å². The van der Waals surface area contributed by atoms with E-state index >= 15 is 0 Å². The molecule has 0 saturated carbocycles. The van der Waals surface area contributed by atoms with Gasteiger partial charge in [-0.15, -0.1) is 15.2 Å². The van der Waals surface area contributed by atoms with Crippen molar-refractivity contribution in [3.05, 3.63) is 39.0 Å². The number of hydrogen-bond donors (Lipinski definition) is 1. The van der Waals surface area contributed by atoms with Gasteiger partial charge in [-0.3, -0.25) is 4.72 Å². The Hall–Kier alpha value is -0.970. The van der Waals surface area contributed by atoms with Crippen molar-refractivity contribution in [2.24, 2.45) is 0 Å². The van der Waals surface area contributed by atoms with Crippen LogP contribution in [0.15, 0.2) is 43.9 Å². The summed E-state index contributed by atoms with van der Waals surface area (Å²) in [4.78, 5) is -0.194. The third-order valence-corrected chi connectivity index (χ3v) is 6.58. The van der Waals surface area contributed by atoms with Crippen LogP contribution < -0.4 is 4.72 Å². The second-order valence-corrected chi connectivity index (χ2v) is 9.61. The second-order valence-electron chi connectivity index (χ2n) is 4.01. The molecule has 0 atom stereocenters. The van der Waals surface area contributed by atoms with Gasteiger partial charge in [-0.25, -0.2) is 8.42 Å². The topological polar surface area (TPSA) is 80.3 Å². The van der Waals surface area contributed by atoms with Crippen molar-refractivity contribution < 1.29 is 20.7 Å². The van der Waals surface area contributed by atoms with Gasteiger partial charge in [0.2, 0.25) is 0 Å². The first-order chi connectivity index (χ1) is 9.61. The number of sulfonamides is 1. The van der Waals surface area contributed by atoms with Crippen LogP contribution in [-0.2, 0) is 20.2 Å². The maximum atomic E-state index is 13.2. The predicted molar refractivity (Wildman–Crippen MR) is 82.3 cm³/mol. The van der Waals surface area contributed by atoms with Gasteiger partial charge in [0.15, 0.2) is 0 Å². The summed E-state index contributed by atoms with van der Waals surface area (Å²) < 4.78 is 62.5. The lowest BCUT2D eigenvalue weighted by molar-refractivity contribution is 0.552.